The standard InChI is InChI=1S/C27H31F3N4O3/c1-37-15-20(35)14-33-9-7-19(8-10-33)31-22-3-2-4-24-21(22)13-25(34(24)16-27(28,29)30)18-6-5-17-12-26(36)32-23(17)11-18/h2-6,11,13,19-20,31,35H,7-10,12,14-16H2,1H3,(H,32,36). The molecule has 3 N–H and O–H groups in total. The lowest BCUT2D eigenvalue weighted by atomic mass is 10.0. The summed E-state index contributed by atoms with van der Waals surface area (Å²) in [5.74, 6) is -0.117. The maximum absolute atomic E-state index is 13.6. The van der Waals surface area contributed by atoms with Gasteiger partial charge in [-0.2, -0.15) is 13.2 Å². The van der Waals surface area contributed by atoms with Crippen LogP contribution in [-0.2, 0) is 22.5 Å². The minimum absolute atomic E-state index is 0.117. The smallest absolute Gasteiger partial charge is 0.389 e. The number of hydrogen-bond acceptors (Lipinski definition) is 5. The number of aliphatic hydroxyl groups excluding tert-OH is 1. The lowest BCUT2D eigenvalue weighted by Crippen LogP contribution is -2.43. The third-order valence-corrected chi connectivity index (χ3v) is 7.09. The molecule has 10 heteroatoms. The summed E-state index contributed by atoms with van der Waals surface area (Å²) in [6.45, 7) is 1.38. The molecule has 2 aromatic carbocycles. The number of alkyl halides is 3. The number of halogens is 3. The Labute approximate surface area is 213 Å². The van der Waals surface area contributed by atoms with Gasteiger partial charge in [-0.25, -0.2) is 0 Å². The van der Waals surface area contributed by atoms with Crippen molar-refractivity contribution in [2.24, 2.45) is 0 Å². The molecule has 37 heavy (non-hydrogen) atoms. The molecule has 5 rings (SSSR count). The number of ether oxygens (including phenoxy) is 1. The molecule has 0 radical (unpaired) electrons. The van der Waals surface area contributed by atoms with E-state index in [4.69, 9.17) is 4.74 Å². The second-order valence-corrected chi connectivity index (χ2v) is 9.89. The highest BCUT2D eigenvalue weighted by molar-refractivity contribution is 6.01. The Hall–Kier alpha value is -3.08. The minimum atomic E-state index is -4.39. The quantitative estimate of drug-likeness (QED) is 0.417. The Morgan fingerprint density at radius 3 is 2.70 bits per heavy atom. The largest absolute Gasteiger partial charge is 0.406 e. The number of nitrogens with zero attached hydrogens (tertiary/aromatic N) is 2. The van der Waals surface area contributed by atoms with E-state index in [1.54, 1.807) is 43.5 Å². The van der Waals surface area contributed by atoms with Crippen LogP contribution >= 0.6 is 0 Å². The average molecular weight is 517 g/mol. The van der Waals surface area contributed by atoms with Crippen molar-refractivity contribution in [1.29, 1.82) is 0 Å². The number of fused-ring (bicyclic) bond motifs is 2. The van der Waals surface area contributed by atoms with Crippen LogP contribution in [0.2, 0.25) is 0 Å². The number of aliphatic hydroxyl groups is 1. The first-order valence-corrected chi connectivity index (χ1v) is 12.5. The Morgan fingerprint density at radius 2 is 1.97 bits per heavy atom. The Bertz CT molecular complexity index is 1280. The topological polar surface area (TPSA) is 78.8 Å². The van der Waals surface area contributed by atoms with Gasteiger partial charge in [0, 0.05) is 60.8 Å². The molecule has 1 saturated heterocycles. The fourth-order valence-electron chi connectivity index (χ4n) is 5.40. The summed E-state index contributed by atoms with van der Waals surface area (Å²) in [7, 11) is 1.57. The molecular weight excluding hydrogens is 485 g/mol. The van der Waals surface area contributed by atoms with E-state index in [1.807, 2.05) is 6.07 Å². The van der Waals surface area contributed by atoms with Gasteiger partial charge in [0.25, 0.3) is 0 Å². The molecule has 1 unspecified atom stereocenters. The first-order chi connectivity index (χ1) is 17.7. The summed E-state index contributed by atoms with van der Waals surface area (Å²) in [5, 5.41) is 17.1. The zero-order valence-electron chi connectivity index (χ0n) is 20.6. The van der Waals surface area contributed by atoms with Crippen LogP contribution in [0, 0.1) is 0 Å². The van der Waals surface area contributed by atoms with Gasteiger partial charge in [-0.3, -0.25) is 4.79 Å². The number of nitrogens with one attached hydrogen (secondary N) is 2. The summed E-state index contributed by atoms with van der Waals surface area (Å²) in [5.41, 5.74) is 3.86. The van der Waals surface area contributed by atoms with E-state index >= 15 is 0 Å². The number of anilines is 2. The summed E-state index contributed by atoms with van der Waals surface area (Å²) in [6.07, 6.45) is -2.93. The third kappa shape index (κ3) is 5.76. The number of amides is 1. The van der Waals surface area contributed by atoms with Gasteiger partial charge in [-0.15, -0.1) is 0 Å². The molecular formula is C27H31F3N4O3. The van der Waals surface area contributed by atoms with E-state index in [0.29, 0.717) is 35.6 Å². The Kier molecular flexibility index (Phi) is 7.15. The zero-order valence-corrected chi connectivity index (χ0v) is 20.6. The van der Waals surface area contributed by atoms with Crippen LogP contribution in [0.1, 0.15) is 18.4 Å². The lowest BCUT2D eigenvalue weighted by molar-refractivity contribution is -0.139. The number of aromatic nitrogens is 1. The van der Waals surface area contributed by atoms with Crippen LogP contribution < -0.4 is 10.6 Å². The number of piperidine rings is 1. The predicted molar refractivity (Wildman–Crippen MR) is 137 cm³/mol. The van der Waals surface area contributed by atoms with Gasteiger partial charge < -0.3 is 29.9 Å². The normalized spacial score (nSPS) is 17.7. The van der Waals surface area contributed by atoms with E-state index in [1.165, 1.54) is 4.57 Å². The number of likely N-dealkylation sites (tertiary alicyclic amines) is 1. The molecule has 2 aliphatic heterocycles. The Balaban J connectivity index is 1.42. The predicted octanol–water partition coefficient (Wildman–Crippen LogP) is 4.25. The molecule has 0 saturated carbocycles. The molecule has 0 aliphatic carbocycles. The summed E-state index contributed by atoms with van der Waals surface area (Å²) in [4.78, 5) is 14.0. The third-order valence-electron chi connectivity index (χ3n) is 7.09. The number of benzene rings is 2. The molecule has 1 fully saturated rings. The maximum Gasteiger partial charge on any atom is 0.406 e. The van der Waals surface area contributed by atoms with E-state index in [2.05, 4.69) is 15.5 Å². The van der Waals surface area contributed by atoms with E-state index < -0.39 is 18.8 Å². The van der Waals surface area contributed by atoms with Crippen LogP contribution in [0.5, 0.6) is 0 Å². The van der Waals surface area contributed by atoms with Gasteiger partial charge in [0.15, 0.2) is 0 Å². The van der Waals surface area contributed by atoms with Crippen LogP contribution in [0.15, 0.2) is 42.5 Å². The highest BCUT2D eigenvalue weighted by Gasteiger charge is 2.31. The number of hydrogen-bond donors (Lipinski definition) is 3. The van der Waals surface area contributed by atoms with Crippen LogP contribution in [0.3, 0.4) is 0 Å². The van der Waals surface area contributed by atoms with Crippen LogP contribution in [0.25, 0.3) is 22.2 Å². The highest BCUT2D eigenvalue weighted by atomic mass is 19.4. The molecule has 3 heterocycles. The van der Waals surface area contributed by atoms with Gasteiger partial charge in [0.1, 0.15) is 6.54 Å². The van der Waals surface area contributed by atoms with Gasteiger partial charge in [-0.05, 0) is 42.7 Å². The van der Waals surface area contributed by atoms with E-state index in [-0.39, 0.29) is 18.4 Å². The SMILES string of the molecule is COCC(O)CN1CCC(Nc2cccc3c2cc(-c2ccc4c(c2)NC(=O)C4)n3CC(F)(F)F)CC1. The van der Waals surface area contributed by atoms with Crippen molar-refractivity contribution >= 4 is 28.2 Å². The van der Waals surface area contributed by atoms with Crippen molar-refractivity contribution in [2.45, 2.75) is 44.1 Å². The van der Waals surface area contributed by atoms with Gasteiger partial charge in [0.2, 0.25) is 5.91 Å². The minimum Gasteiger partial charge on any atom is -0.389 e. The fraction of sp³-hybridized carbons (Fsp3) is 0.444. The van der Waals surface area contributed by atoms with Crippen molar-refractivity contribution < 1.29 is 27.8 Å². The lowest BCUT2D eigenvalue weighted by Gasteiger charge is -2.34. The molecule has 3 aromatic rings. The van der Waals surface area contributed by atoms with Gasteiger partial charge in [-0.1, -0.05) is 18.2 Å². The average Bonchev–Trinajstić information content (AvgIpc) is 3.39. The fourth-order valence-corrected chi connectivity index (χ4v) is 5.40. The van der Waals surface area contributed by atoms with Gasteiger partial charge in [0.05, 0.1) is 24.6 Å². The van der Waals surface area contributed by atoms with Crippen LogP contribution in [0.4, 0.5) is 24.5 Å². The zero-order chi connectivity index (χ0) is 26.2. The Morgan fingerprint density at radius 1 is 1.19 bits per heavy atom. The second-order valence-electron chi connectivity index (χ2n) is 9.89. The van der Waals surface area contributed by atoms with Crippen molar-refractivity contribution in [3.8, 4) is 11.3 Å². The van der Waals surface area contributed by atoms with E-state index in [9.17, 15) is 23.1 Å². The van der Waals surface area contributed by atoms with Crippen molar-refractivity contribution in [3.63, 3.8) is 0 Å². The summed E-state index contributed by atoms with van der Waals surface area (Å²) >= 11 is 0. The van der Waals surface area contributed by atoms with Crippen molar-refractivity contribution in [1.82, 2.24) is 9.47 Å². The number of methoxy groups -OCH3 is 1. The summed E-state index contributed by atoms with van der Waals surface area (Å²) in [6, 6.07) is 12.7. The van der Waals surface area contributed by atoms with Crippen LogP contribution in [-0.4, -0.2) is 72.2 Å². The molecule has 1 amide bonds. The number of carbonyl (C=O) groups excluding carboxylic acids is 1. The van der Waals surface area contributed by atoms with Crippen molar-refractivity contribution in [2.75, 3.05) is 44.0 Å². The second kappa shape index (κ2) is 10.4. The molecule has 0 bridgehead atoms. The molecule has 2 aliphatic rings. The number of carbonyl (C=O) groups is 1. The summed E-state index contributed by atoms with van der Waals surface area (Å²) < 4.78 is 47.2. The maximum atomic E-state index is 13.6. The van der Waals surface area contributed by atoms with E-state index in [0.717, 1.165) is 42.6 Å². The number of rotatable bonds is 8. The molecule has 198 valence electrons. The monoisotopic (exact) mass is 516 g/mol. The molecule has 1 atom stereocenters. The van der Waals surface area contributed by atoms with Crippen molar-refractivity contribution in [3.05, 3.63) is 48.0 Å². The molecule has 0 spiro atoms. The number of β-amino-alcohol motifs (C(OH)–C–C–N with tert-alkyl or cyclic N) is 1. The van der Waals surface area contributed by atoms with Gasteiger partial charge >= 0.3 is 6.18 Å². The first kappa shape index (κ1) is 25.6. The molecule has 7 nitrogen and oxygen atoms in total. The molecule has 1 aromatic heterocycles. The highest BCUT2D eigenvalue weighted by Crippen LogP contribution is 2.37. The first-order valence-electron chi connectivity index (χ1n) is 12.5.